The van der Waals surface area contributed by atoms with Crippen molar-refractivity contribution in [2.24, 2.45) is 4.99 Å². The SMILES string of the molecule is CN=C(NCCc1cn2cccc(C)c2n1)NC1CC2(CCCC2)Oc2ccccc21.I. The van der Waals surface area contributed by atoms with Gasteiger partial charge in [-0.15, -0.1) is 24.0 Å². The maximum atomic E-state index is 6.49. The summed E-state index contributed by atoms with van der Waals surface area (Å²) in [5.74, 6) is 1.85. The first kappa shape index (κ1) is 22.9. The van der Waals surface area contributed by atoms with Gasteiger partial charge in [-0.1, -0.05) is 24.3 Å². The molecule has 0 saturated heterocycles. The molecule has 0 bridgehead atoms. The highest BCUT2D eigenvalue weighted by molar-refractivity contribution is 14.0. The van der Waals surface area contributed by atoms with Gasteiger partial charge in [-0.25, -0.2) is 4.98 Å². The molecular formula is C25H32IN5O. The second kappa shape index (κ2) is 9.68. The maximum absolute atomic E-state index is 6.49. The van der Waals surface area contributed by atoms with Gasteiger partial charge in [0.1, 0.15) is 17.0 Å². The van der Waals surface area contributed by atoms with Crippen LogP contribution < -0.4 is 15.4 Å². The molecule has 1 spiro atoms. The van der Waals surface area contributed by atoms with Crippen molar-refractivity contribution in [2.75, 3.05) is 13.6 Å². The molecule has 2 aliphatic rings. The van der Waals surface area contributed by atoms with Crippen LogP contribution in [-0.4, -0.2) is 34.5 Å². The highest BCUT2D eigenvalue weighted by Gasteiger charge is 2.43. The fraction of sp³-hybridized carbons (Fsp3) is 0.440. The van der Waals surface area contributed by atoms with Gasteiger partial charge in [-0.2, -0.15) is 0 Å². The topological polar surface area (TPSA) is 63.0 Å². The van der Waals surface area contributed by atoms with Crippen molar-refractivity contribution in [1.82, 2.24) is 20.0 Å². The molecule has 5 rings (SSSR count). The molecule has 170 valence electrons. The summed E-state index contributed by atoms with van der Waals surface area (Å²) >= 11 is 0. The third-order valence-electron chi connectivity index (χ3n) is 6.65. The summed E-state index contributed by atoms with van der Waals surface area (Å²) in [4.78, 5) is 9.26. The highest BCUT2D eigenvalue weighted by Crippen LogP contribution is 2.46. The number of aromatic nitrogens is 2. The lowest BCUT2D eigenvalue weighted by atomic mass is 9.86. The van der Waals surface area contributed by atoms with Crippen LogP contribution in [-0.2, 0) is 6.42 Å². The molecule has 2 N–H and O–H groups in total. The van der Waals surface area contributed by atoms with Gasteiger partial charge in [0, 0.05) is 44.4 Å². The number of nitrogens with zero attached hydrogens (tertiary/aromatic N) is 3. The van der Waals surface area contributed by atoms with E-state index in [2.05, 4.69) is 69.5 Å². The molecule has 1 unspecified atom stereocenters. The number of hydrogen-bond acceptors (Lipinski definition) is 3. The highest BCUT2D eigenvalue weighted by atomic mass is 127. The lowest BCUT2D eigenvalue weighted by molar-refractivity contribution is 0.0396. The molecule has 0 radical (unpaired) electrons. The molecule has 7 heteroatoms. The van der Waals surface area contributed by atoms with E-state index in [1.54, 1.807) is 0 Å². The van der Waals surface area contributed by atoms with E-state index in [0.29, 0.717) is 0 Å². The number of nitrogens with one attached hydrogen (secondary N) is 2. The van der Waals surface area contributed by atoms with Gasteiger partial charge in [0.25, 0.3) is 0 Å². The Morgan fingerprint density at radius 1 is 1.22 bits per heavy atom. The van der Waals surface area contributed by atoms with Crippen molar-refractivity contribution < 1.29 is 4.74 Å². The average molecular weight is 545 g/mol. The first-order valence-electron chi connectivity index (χ1n) is 11.3. The summed E-state index contributed by atoms with van der Waals surface area (Å²) in [6.45, 7) is 2.87. The first-order chi connectivity index (χ1) is 15.2. The van der Waals surface area contributed by atoms with E-state index < -0.39 is 0 Å². The van der Waals surface area contributed by atoms with Crippen molar-refractivity contribution in [1.29, 1.82) is 0 Å². The molecule has 1 aliphatic carbocycles. The Balaban J connectivity index is 0.00000245. The third-order valence-corrected chi connectivity index (χ3v) is 6.65. The van der Waals surface area contributed by atoms with Gasteiger partial charge in [-0.05, 0) is 50.3 Å². The number of ether oxygens (including phenoxy) is 1. The second-order valence-corrected chi connectivity index (χ2v) is 8.83. The third kappa shape index (κ3) is 4.58. The minimum atomic E-state index is -0.0285. The van der Waals surface area contributed by atoms with E-state index >= 15 is 0 Å². The van der Waals surface area contributed by atoms with E-state index in [9.17, 15) is 0 Å². The molecule has 3 aromatic rings. The number of pyridine rings is 1. The lowest BCUT2D eigenvalue weighted by Gasteiger charge is -2.40. The fourth-order valence-corrected chi connectivity index (χ4v) is 5.07. The Morgan fingerprint density at radius 3 is 2.81 bits per heavy atom. The minimum absolute atomic E-state index is 0. The molecule has 1 saturated carbocycles. The minimum Gasteiger partial charge on any atom is -0.487 e. The van der Waals surface area contributed by atoms with Gasteiger partial charge >= 0.3 is 0 Å². The van der Waals surface area contributed by atoms with E-state index in [4.69, 9.17) is 9.72 Å². The van der Waals surface area contributed by atoms with Gasteiger partial charge in [0.2, 0.25) is 0 Å². The molecule has 0 amide bonds. The van der Waals surface area contributed by atoms with Crippen LogP contribution in [0.25, 0.3) is 5.65 Å². The Morgan fingerprint density at radius 2 is 2.03 bits per heavy atom. The van der Waals surface area contributed by atoms with Crippen LogP contribution in [0.1, 0.15) is 55.0 Å². The number of benzene rings is 1. The smallest absolute Gasteiger partial charge is 0.191 e. The summed E-state index contributed by atoms with van der Waals surface area (Å²) in [6, 6.07) is 12.8. The molecule has 3 heterocycles. The van der Waals surface area contributed by atoms with Crippen LogP contribution >= 0.6 is 24.0 Å². The molecule has 1 aliphatic heterocycles. The predicted octanol–water partition coefficient (Wildman–Crippen LogP) is 4.80. The largest absolute Gasteiger partial charge is 0.487 e. The van der Waals surface area contributed by atoms with Crippen LogP contribution in [0, 0.1) is 6.92 Å². The zero-order valence-electron chi connectivity index (χ0n) is 18.8. The maximum Gasteiger partial charge on any atom is 0.191 e. The number of fused-ring (bicyclic) bond motifs is 2. The number of aliphatic imine (C=N–C) groups is 1. The van der Waals surface area contributed by atoms with Gasteiger partial charge in [0.05, 0.1) is 11.7 Å². The normalized spacial score (nSPS) is 19.3. The number of para-hydroxylation sites is 1. The molecule has 1 aromatic carbocycles. The molecule has 32 heavy (non-hydrogen) atoms. The average Bonchev–Trinajstić information content (AvgIpc) is 3.40. The van der Waals surface area contributed by atoms with Crippen LogP contribution in [0.5, 0.6) is 5.75 Å². The summed E-state index contributed by atoms with van der Waals surface area (Å²) in [5.41, 5.74) is 4.50. The Kier molecular flexibility index (Phi) is 6.93. The number of guanidine groups is 1. The number of rotatable bonds is 4. The van der Waals surface area contributed by atoms with Crippen molar-refractivity contribution >= 4 is 35.6 Å². The van der Waals surface area contributed by atoms with Gasteiger partial charge in [-0.3, -0.25) is 4.99 Å². The van der Waals surface area contributed by atoms with Gasteiger partial charge in [0.15, 0.2) is 5.96 Å². The number of halogens is 1. The van der Waals surface area contributed by atoms with E-state index in [-0.39, 0.29) is 35.6 Å². The molecule has 1 atom stereocenters. The van der Waals surface area contributed by atoms with Crippen LogP contribution in [0.3, 0.4) is 0 Å². The van der Waals surface area contributed by atoms with Crippen LogP contribution in [0.2, 0.25) is 0 Å². The van der Waals surface area contributed by atoms with Crippen molar-refractivity contribution in [2.45, 2.75) is 57.1 Å². The van der Waals surface area contributed by atoms with Crippen LogP contribution in [0.4, 0.5) is 0 Å². The Bertz CT molecular complexity index is 1100. The summed E-state index contributed by atoms with van der Waals surface area (Å²) in [6.07, 6.45) is 10.8. The summed E-state index contributed by atoms with van der Waals surface area (Å²) in [7, 11) is 1.83. The van der Waals surface area contributed by atoms with Gasteiger partial charge < -0.3 is 19.8 Å². The predicted molar refractivity (Wildman–Crippen MR) is 139 cm³/mol. The van der Waals surface area contributed by atoms with E-state index in [1.807, 2.05) is 13.2 Å². The molecule has 1 fully saturated rings. The van der Waals surface area contributed by atoms with Crippen molar-refractivity contribution in [3.8, 4) is 5.75 Å². The monoisotopic (exact) mass is 545 g/mol. The lowest BCUT2D eigenvalue weighted by Crippen LogP contribution is -2.47. The van der Waals surface area contributed by atoms with Crippen LogP contribution in [0.15, 0.2) is 53.8 Å². The zero-order valence-corrected chi connectivity index (χ0v) is 21.1. The van der Waals surface area contributed by atoms with E-state index in [1.165, 1.54) is 24.0 Å². The number of hydrogen-bond donors (Lipinski definition) is 2. The summed E-state index contributed by atoms with van der Waals surface area (Å²) < 4.78 is 8.59. The first-order valence-corrected chi connectivity index (χ1v) is 11.3. The number of imidazole rings is 1. The Labute approximate surface area is 206 Å². The second-order valence-electron chi connectivity index (χ2n) is 8.83. The summed E-state index contributed by atoms with van der Waals surface area (Å²) in [5, 5.41) is 7.15. The van der Waals surface area contributed by atoms with Crippen molar-refractivity contribution in [3.05, 3.63) is 65.6 Å². The fourth-order valence-electron chi connectivity index (χ4n) is 5.07. The van der Waals surface area contributed by atoms with E-state index in [0.717, 1.165) is 55.3 Å². The number of aryl methyl sites for hydroxylation is 1. The molecule has 6 nitrogen and oxygen atoms in total. The molecular weight excluding hydrogens is 513 g/mol. The van der Waals surface area contributed by atoms with Crippen molar-refractivity contribution in [3.63, 3.8) is 0 Å². The zero-order chi connectivity index (χ0) is 21.3. The quantitative estimate of drug-likeness (QED) is 0.281. The Hall–Kier alpha value is -2.29. The standard InChI is InChI=1S/C25H31N5O.HI/c1-18-8-7-15-30-17-19(28-23(18)30)11-14-27-24(26-2)29-21-16-25(12-5-6-13-25)31-22-10-4-3-9-20(21)22;/h3-4,7-10,15,17,21H,5-6,11-14,16H2,1-2H3,(H2,26,27,29);1H. The molecule has 2 aromatic heterocycles.